The molecule has 1 aromatic carbocycles. The Morgan fingerprint density at radius 2 is 1.89 bits per heavy atom. The molecule has 0 N–H and O–H groups in total. The Morgan fingerprint density at radius 3 is 2.59 bits per heavy atom. The molecule has 0 unspecified atom stereocenters. The molecule has 0 aliphatic heterocycles. The number of carbonyl (C=O) groups is 1. The van der Waals surface area contributed by atoms with Gasteiger partial charge in [0, 0.05) is 30.6 Å². The molecule has 3 heterocycles. The molecule has 0 saturated carbocycles. The largest absolute Gasteiger partial charge is 0.471 e. The summed E-state index contributed by atoms with van der Waals surface area (Å²) in [6.45, 7) is 0. The highest BCUT2D eigenvalue weighted by Crippen LogP contribution is 2.29. The number of aromatic nitrogens is 4. The first-order valence-electron chi connectivity index (χ1n) is 7.87. The Hall–Kier alpha value is -3.49. The SMILES string of the molecule is O=C(Cc1ccc(-c2noc(C(F)(F)F)n2)cc1)c1cccn2ccnc12. The number of benzene rings is 1. The predicted octanol–water partition coefficient (Wildman–Crippen LogP) is 3.83. The van der Waals surface area contributed by atoms with Crippen LogP contribution in [0.2, 0.25) is 0 Å². The van der Waals surface area contributed by atoms with E-state index in [1.54, 1.807) is 59.4 Å². The van der Waals surface area contributed by atoms with E-state index < -0.39 is 12.1 Å². The first-order valence-corrected chi connectivity index (χ1v) is 7.87. The lowest BCUT2D eigenvalue weighted by Gasteiger charge is -2.04. The highest BCUT2D eigenvalue weighted by atomic mass is 19.4. The van der Waals surface area contributed by atoms with Crippen molar-refractivity contribution in [2.75, 3.05) is 0 Å². The molecular formula is C18H11F3N4O2. The monoisotopic (exact) mass is 372 g/mol. The number of ketones is 1. The first kappa shape index (κ1) is 17.0. The molecular weight excluding hydrogens is 361 g/mol. The molecule has 0 saturated heterocycles. The summed E-state index contributed by atoms with van der Waals surface area (Å²) in [5, 5.41) is 3.34. The second kappa shape index (κ2) is 6.35. The van der Waals surface area contributed by atoms with Crippen LogP contribution < -0.4 is 0 Å². The summed E-state index contributed by atoms with van der Waals surface area (Å²) in [5.74, 6) is -1.68. The van der Waals surface area contributed by atoms with Crippen LogP contribution in [0.15, 0.2) is 59.5 Å². The lowest BCUT2D eigenvalue weighted by atomic mass is 10.0. The Balaban J connectivity index is 1.53. The van der Waals surface area contributed by atoms with Crippen LogP contribution >= 0.6 is 0 Å². The maximum atomic E-state index is 12.6. The fraction of sp³-hybridized carbons (Fsp3) is 0.111. The molecule has 0 aliphatic carbocycles. The topological polar surface area (TPSA) is 73.3 Å². The van der Waals surface area contributed by atoms with Gasteiger partial charge in [-0.15, -0.1) is 0 Å². The van der Waals surface area contributed by atoms with E-state index in [0.717, 1.165) is 0 Å². The van der Waals surface area contributed by atoms with Gasteiger partial charge in [-0.1, -0.05) is 29.4 Å². The predicted molar refractivity (Wildman–Crippen MR) is 88.0 cm³/mol. The van der Waals surface area contributed by atoms with Gasteiger partial charge in [0.2, 0.25) is 5.82 Å². The second-order valence-electron chi connectivity index (χ2n) is 5.80. The summed E-state index contributed by atoms with van der Waals surface area (Å²) >= 11 is 0. The lowest BCUT2D eigenvalue weighted by Crippen LogP contribution is -2.06. The molecule has 0 aliphatic rings. The Labute approximate surface area is 150 Å². The Bertz CT molecular complexity index is 1110. The normalized spacial score (nSPS) is 11.8. The molecule has 0 bridgehead atoms. The molecule has 0 spiro atoms. The van der Waals surface area contributed by atoms with E-state index in [4.69, 9.17) is 0 Å². The minimum absolute atomic E-state index is 0.113. The highest BCUT2D eigenvalue weighted by molar-refractivity contribution is 6.02. The minimum Gasteiger partial charge on any atom is -0.329 e. The van der Waals surface area contributed by atoms with Gasteiger partial charge in [-0.05, 0) is 17.7 Å². The van der Waals surface area contributed by atoms with Crippen LogP contribution in [0.5, 0.6) is 0 Å². The molecule has 3 aromatic heterocycles. The smallest absolute Gasteiger partial charge is 0.329 e. The number of Topliss-reactive ketones (excluding diaryl/α,β-unsaturated/α-hetero) is 1. The van der Waals surface area contributed by atoms with Crippen LogP contribution in [0, 0.1) is 0 Å². The average Bonchev–Trinajstić information content (AvgIpc) is 3.31. The van der Waals surface area contributed by atoms with E-state index in [1.807, 2.05) is 0 Å². The number of hydrogen-bond donors (Lipinski definition) is 0. The van der Waals surface area contributed by atoms with Gasteiger partial charge >= 0.3 is 12.1 Å². The Kier molecular flexibility index (Phi) is 3.98. The fourth-order valence-electron chi connectivity index (χ4n) is 2.67. The summed E-state index contributed by atoms with van der Waals surface area (Å²) in [7, 11) is 0. The van der Waals surface area contributed by atoms with E-state index in [9.17, 15) is 18.0 Å². The molecule has 4 aromatic rings. The third kappa shape index (κ3) is 3.31. The molecule has 0 atom stereocenters. The quantitative estimate of drug-likeness (QED) is 0.509. The van der Waals surface area contributed by atoms with E-state index in [1.165, 1.54) is 0 Å². The number of hydrogen-bond acceptors (Lipinski definition) is 5. The van der Waals surface area contributed by atoms with Gasteiger partial charge in [0.05, 0.1) is 5.56 Å². The van der Waals surface area contributed by atoms with Crippen molar-refractivity contribution in [3.8, 4) is 11.4 Å². The van der Waals surface area contributed by atoms with Crippen molar-refractivity contribution >= 4 is 11.4 Å². The number of halogens is 3. The summed E-state index contributed by atoms with van der Waals surface area (Å²) in [6, 6.07) is 9.84. The summed E-state index contributed by atoms with van der Waals surface area (Å²) in [5.41, 5.74) is 2.14. The highest BCUT2D eigenvalue weighted by Gasteiger charge is 2.38. The van der Waals surface area contributed by atoms with Gasteiger partial charge in [-0.25, -0.2) is 4.98 Å². The van der Waals surface area contributed by atoms with E-state index >= 15 is 0 Å². The van der Waals surface area contributed by atoms with Crippen molar-refractivity contribution in [1.82, 2.24) is 19.5 Å². The molecule has 4 rings (SSSR count). The number of imidazole rings is 1. The van der Waals surface area contributed by atoms with Crippen molar-refractivity contribution in [2.24, 2.45) is 0 Å². The van der Waals surface area contributed by atoms with Gasteiger partial charge in [-0.3, -0.25) is 4.79 Å². The maximum Gasteiger partial charge on any atom is 0.471 e. The summed E-state index contributed by atoms with van der Waals surface area (Å²) < 4.78 is 43.6. The fourth-order valence-corrected chi connectivity index (χ4v) is 2.67. The molecule has 0 amide bonds. The molecule has 9 heteroatoms. The van der Waals surface area contributed by atoms with E-state index in [2.05, 4.69) is 19.6 Å². The van der Waals surface area contributed by atoms with Crippen LogP contribution in [0.3, 0.4) is 0 Å². The number of alkyl halides is 3. The zero-order chi connectivity index (χ0) is 19.0. The first-order chi connectivity index (χ1) is 12.9. The van der Waals surface area contributed by atoms with Crippen molar-refractivity contribution in [3.05, 3.63) is 72.0 Å². The molecule has 0 fully saturated rings. The van der Waals surface area contributed by atoms with Crippen LogP contribution in [-0.4, -0.2) is 25.3 Å². The average molecular weight is 372 g/mol. The van der Waals surface area contributed by atoms with Crippen LogP contribution in [-0.2, 0) is 12.6 Å². The van der Waals surface area contributed by atoms with Crippen molar-refractivity contribution in [1.29, 1.82) is 0 Å². The molecule has 0 radical (unpaired) electrons. The van der Waals surface area contributed by atoms with Crippen molar-refractivity contribution in [2.45, 2.75) is 12.6 Å². The third-order valence-electron chi connectivity index (χ3n) is 3.96. The Morgan fingerprint density at radius 1 is 1.11 bits per heavy atom. The van der Waals surface area contributed by atoms with Gasteiger partial charge in [-0.2, -0.15) is 18.2 Å². The lowest BCUT2D eigenvalue weighted by molar-refractivity contribution is -0.159. The van der Waals surface area contributed by atoms with E-state index in [0.29, 0.717) is 22.3 Å². The van der Waals surface area contributed by atoms with Crippen LogP contribution in [0.4, 0.5) is 13.2 Å². The van der Waals surface area contributed by atoms with E-state index in [-0.39, 0.29) is 18.0 Å². The van der Waals surface area contributed by atoms with Gasteiger partial charge < -0.3 is 8.92 Å². The van der Waals surface area contributed by atoms with Crippen molar-refractivity contribution < 1.29 is 22.5 Å². The van der Waals surface area contributed by atoms with Gasteiger partial charge in [0.1, 0.15) is 5.65 Å². The van der Waals surface area contributed by atoms with Crippen LogP contribution in [0.1, 0.15) is 21.8 Å². The second-order valence-corrected chi connectivity index (χ2v) is 5.80. The summed E-state index contributed by atoms with van der Waals surface area (Å²) in [4.78, 5) is 20.1. The molecule has 6 nitrogen and oxygen atoms in total. The maximum absolute atomic E-state index is 12.6. The standard InChI is InChI=1S/C18H11F3N4O2/c19-18(20,21)17-23-15(24-27-17)12-5-3-11(4-6-12)10-14(26)13-2-1-8-25-9-7-22-16(13)25/h1-9H,10H2. The van der Waals surface area contributed by atoms with Gasteiger partial charge in [0.15, 0.2) is 5.78 Å². The zero-order valence-electron chi connectivity index (χ0n) is 13.6. The van der Waals surface area contributed by atoms with Gasteiger partial charge in [0.25, 0.3) is 0 Å². The zero-order valence-corrected chi connectivity index (χ0v) is 13.6. The molecule has 136 valence electrons. The minimum atomic E-state index is -4.69. The number of carbonyl (C=O) groups excluding carboxylic acids is 1. The number of rotatable bonds is 4. The number of pyridine rings is 1. The van der Waals surface area contributed by atoms with Crippen molar-refractivity contribution in [3.63, 3.8) is 0 Å². The number of nitrogens with zero attached hydrogens (tertiary/aromatic N) is 4. The molecule has 27 heavy (non-hydrogen) atoms. The third-order valence-corrected chi connectivity index (χ3v) is 3.96. The summed E-state index contributed by atoms with van der Waals surface area (Å²) in [6.07, 6.45) is 0.606. The number of fused-ring (bicyclic) bond motifs is 1. The van der Waals surface area contributed by atoms with Crippen LogP contribution in [0.25, 0.3) is 17.0 Å².